The molecule has 1 aromatic heterocycles. The lowest BCUT2D eigenvalue weighted by Gasteiger charge is -2.20. The maximum Gasteiger partial charge on any atom is 0.407 e. The Morgan fingerprint density at radius 2 is 1.68 bits per heavy atom. The number of hydrogen-bond donors (Lipinski definition) is 3. The fraction of sp³-hybridized carbons (Fsp3) is 0.296. The molecule has 176 valence electrons. The molecule has 1 atom stereocenters. The Kier molecular flexibility index (Phi) is 7.54. The van der Waals surface area contributed by atoms with Crippen molar-refractivity contribution in [2.45, 2.75) is 38.1 Å². The van der Waals surface area contributed by atoms with Crippen LogP contribution in [0, 0.1) is 6.92 Å². The number of ether oxygens (including phenoxy) is 1. The topological polar surface area (TPSA) is 106 Å². The molecule has 7 nitrogen and oxygen atoms in total. The highest BCUT2D eigenvalue weighted by atomic mass is 16.5. The fourth-order valence-corrected chi connectivity index (χ4v) is 4.32. The number of amides is 2. The van der Waals surface area contributed by atoms with E-state index in [1.54, 1.807) is 12.3 Å². The number of anilines is 1. The lowest BCUT2D eigenvalue weighted by Crippen LogP contribution is -2.44. The first kappa shape index (κ1) is 23.4. The zero-order valence-corrected chi connectivity index (χ0v) is 19.3. The number of unbranched alkanes of at least 4 members (excludes halogenated alkanes) is 1. The number of alkyl carbamates (subject to hydrolysis) is 1. The van der Waals surface area contributed by atoms with Crippen LogP contribution in [0.5, 0.6) is 0 Å². The summed E-state index contributed by atoms with van der Waals surface area (Å²) in [5, 5.41) is 5.57. The van der Waals surface area contributed by atoms with Gasteiger partial charge in [-0.15, -0.1) is 0 Å². The monoisotopic (exact) mass is 458 g/mol. The first-order chi connectivity index (χ1) is 16.6. The smallest absolute Gasteiger partial charge is 0.407 e. The highest BCUT2D eigenvalue weighted by molar-refractivity contribution is 5.96. The van der Waals surface area contributed by atoms with Crippen molar-refractivity contribution in [3.63, 3.8) is 0 Å². The maximum atomic E-state index is 12.9. The Morgan fingerprint density at radius 1 is 1.00 bits per heavy atom. The lowest BCUT2D eigenvalue weighted by atomic mass is 9.98. The summed E-state index contributed by atoms with van der Waals surface area (Å²) in [6.07, 6.45) is 2.92. The molecule has 1 aliphatic carbocycles. The highest BCUT2D eigenvalue weighted by Gasteiger charge is 2.29. The van der Waals surface area contributed by atoms with Gasteiger partial charge in [-0.3, -0.25) is 9.78 Å². The molecule has 0 unspecified atom stereocenters. The van der Waals surface area contributed by atoms with E-state index < -0.39 is 12.1 Å². The number of benzene rings is 2. The number of nitrogens with one attached hydrogen (secondary N) is 2. The second kappa shape index (κ2) is 10.9. The summed E-state index contributed by atoms with van der Waals surface area (Å²) in [6.45, 7) is 2.60. The number of aryl methyl sites for hydroxylation is 1. The van der Waals surface area contributed by atoms with Crippen LogP contribution in [-0.4, -0.2) is 36.2 Å². The summed E-state index contributed by atoms with van der Waals surface area (Å²) in [7, 11) is 0. The minimum absolute atomic E-state index is 0.0405. The molecule has 0 spiro atoms. The van der Waals surface area contributed by atoms with Gasteiger partial charge in [0.05, 0.1) is 11.9 Å². The molecule has 0 saturated heterocycles. The van der Waals surface area contributed by atoms with Crippen LogP contribution in [0.15, 0.2) is 66.9 Å². The van der Waals surface area contributed by atoms with E-state index in [4.69, 9.17) is 10.5 Å². The first-order valence-electron chi connectivity index (χ1n) is 11.6. The van der Waals surface area contributed by atoms with E-state index in [0.29, 0.717) is 25.1 Å². The predicted octanol–water partition coefficient (Wildman–Crippen LogP) is 4.36. The molecule has 34 heavy (non-hydrogen) atoms. The van der Waals surface area contributed by atoms with Gasteiger partial charge in [-0.2, -0.15) is 0 Å². The van der Waals surface area contributed by atoms with Crippen LogP contribution in [-0.2, 0) is 9.53 Å². The maximum absolute atomic E-state index is 12.9. The minimum Gasteiger partial charge on any atom is -0.449 e. The third-order valence-electron chi connectivity index (χ3n) is 6.08. The quantitative estimate of drug-likeness (QED) is 0.413. The minimum atomic E-state index is -0.733. The summed E-state index contributed by atoms with van der Waals surface area (Å²) in [5.74, 6) is -0.350. The van der Waals surface area contributed by atoms with Crippen molar-refractivity contribution >= 4 is 17.7 Å². The number of pyridine rings is 1. The number of nitrogens with zero attached hydrogens (tertiary/aromatic N) is 1. The molecular weight excluding hydrogens is 428 g/mol. The van der Waals surface area contributed by atoms with E-state index in [1.807, 2.05) is 37.3 Å². The van der Waals surface area contributed by atoms with Gasteiger partial charge in [0.1, 0.15) is 12.6 Å². The van der Waals surface area contributed by atoms with Crippen molar-refractivity contribution < 1.29 is 14.3 Å². The van der Waals surface area contributed by atoms with Crippen molar-refractivity contribution in [3.8, 4) is 11.1 Å². The normalized spacial score (nSPS) is 13.0. The molecule has 7 heteroatoms. The molecule has 2 amide bonds. The van der Waals surface area contributed by atoms with Crippen LogP contribution in [0.2, 0.25) is 0 Å². The average Bonchev–Trinajstić information content (AvgIpc) is 3.17. The van der Waals surface area contributed by atoms with E-state index in [-0.39, 0.29) is 18.4 Å². The average molecular weight is 459 g/mol. The summed E-state index contributed by atoms with van der Waals surface area (Å²) in [6, 6.07) is 19.2. The van der Waals surface area contributed by atoms with E-state index in [0.717, 1.165) is 34.4 Å². The van der Waals surface area contributed by atoms with Gasteiger partial charge < -0.3 is 21.1 Å². The van der Waals surface area contributed by atoms with Gasteiger partial charge in [0, 0.05) is 11.6 Å². The molecule has 4 N–H and O–H groups in total. The Labute approximate surface area is 199 Å². The Balaban J connectivity index is 1.40. The van der Waals surface area contributed by atoms with E-state index in [1.165, 1.54) is 0 Å². The third kappa shape index (κ3) is 5.43. The molecule has 1 heterocycles. The summed E-state index contributed by atoms with van der Waals surface area (Å²) in [5.41, 5.74) is 11.6. The molecule has 0 aliphatic heterocycles. The SMILES string of the molecule is Cc1ccc(NC(=O)[C@H](CCCCN)NC(=O)OCC2c3ccccc3-c3ccccc32)cn1. The van der Waals surface area contributed by atoms with Crippen LogP contribution in [0.3, 0.4) is 0 Å². The van der Waals surface area contributed by atoms with Crippen molar-refractivity contribution in [3.05, 3.63) is 83.7 Å². The number of hydrogen-bond acceptors (Lipinski definition) is 5. The zero-order valence-electron chi connectivity index (χ0n) is 19.3. The number of fused-ring (bicyclic) bond motifs is 3. The highest BCUT2D eigenvalue weighted by Crippen LogP contribution is 2.44. The number of carbonyl (C=O) groups excluding carboxylic acids is 2. The number of nitrogens with two attached hydrogens (primary N) is 1. The molecule has 0 fully saturated rings. The standard InChI is InChI=1S/C27H30N4O3/c1-18-13-14-19(16-29-18)30-26(32)25(12-6-7-15-28)31-27(33)34-17-24-22-10-4-2-8-20(22)21-9-3-5-11-23(21)24/h2-5,8-11,13-14,16,24-25H,6-7,12,15,17,28H2,1H3,(H,30,32)(H,31,33)/t25-/m0/s1. The fourth-order valence-electron chi connectivity index (χ4n) is 4.32. The van der Waals surface area contributed by atoms with Crippen LogP contribution in [0.4, 0.5) is 10.5 Å². The van der Waals surface area contributed by atoms with E-state index >= 15 is 0 Å². The van der Waals surface area contributed by atoms with Gasteiger partial charge >= 0.3 is 6.09 Å². The zero-order chi connectivity index (χ0) is 23.9. The molecule has 0 radical (unpaired) electrons. The van der Waals surface area contributed by atoms with Crippen molar-refractivity contribution in [2.24, 2.45) is 5.73 Å². The molecule has 3 aromatic rings. The number of carbonyl (C=O) groups is 2. The van der Waals surface area contributed by atoms with Gasteiger partial charge in [-0.05, 0) is 67.1 Å². The number of rotatable bonds is 9. The van der Waals surface area contributed by atoms with Crippen molar-refractivity contribution in [2.75, 3.05) is 18.5 Å². The van der Waals surface area contributed by atoms with Crippen molar-refractivity contribution in [1.82, 2.24) is 10.3 Å². The van der Waals surface area contributed by atoms with Gasteiger partial charge in [0.15, 0.2) is 0 Å². The second-order valence-corrected chi connectivity index (χ2v) is 8.48. The Morgan fingerprint density at radius 3 is 2.29 bits per heavy atom. The largest absolute Gasteiger partial charge is 0.449 e. The predicted molar refractivity (Wildman–Crippen MR) is 133 cm³/mol. The van der Waals surface area contributed by atoms with Crippen LogP contribution >= 0.6 is 0 Å². The van der Waals surface area contributed by atoms with Crippen LogP contribution < -0.4 is 16.4 Å². The van der Waals surface area contributed by atoms with Gasteiger partial charge in [0.2, 0.25) is 5.91 Å². The molecular formula is C27H30N4O3. The molecule has 4 rings (SSSR count). The van der Waals surface area contributed by atoms with E-state index in [2.05, 4.69) is 39.9 Å². The van der Waals surface area contributed by atoms with Gasteiger partial charge in [0.25, 0.3) is 0 Å². The number of aromatic nitrogens is 1. The third-order valence-corrected chi connectivity index (χ3v) is 6.08. The summed E-state index contributed by atoms with van der Waals surface area (Å²) >= 11 is 0. The Hall–Kier alpha value is -3.71. The van der Waals surface area contributed by atoms with E-state index in [9.17, 15) is 9.59 Å². The van der Waals surface area contributed by atoms with Crippen molar-refractivity contribution in [1.29, 1.82) is 0 Å². The first-order valence-corrected chi connectivity index (χ1v) is 11.6. The summed E-state index contributed by atoms with van der Waals surface area (Å²) < 4.78 is 5.63. The summed E-state index contributed by atoms with van der Waals surface area (Å²) in [4.78, 5) is 29.8. The van der Waals surface area contributed by atoms with Gasteiger partial charge in [-0.25, -0.2) is 4.79 Å². The molecule has 2 aromatic carbocycles. The Bertz CT molecular complexity index is 1100. The molecule has 0 bridgehead atoms. The molecule has 0 saturated carbocycles. The van der Waals surface area contributed by atoms with Crippen LogP contribution in [0.1, 0.15) is 42.0 Å². The lowest BCUT2D eigenvalue weighted by molar-refractivity contribution is -0.118. The van der Waals surface area contributed by atoms with Crippen LogP contribution in [0.25, 0.3) is 11.1 Å². The second-order valence-electron chi connectivity index (χ2n) is 8.48. The molecule has 1 aliphatic rings. The van der Waals surface area contributed by atoms with Gasteiger partial charge in [-0.1, -0.05) is 48.5 Å².